The number of phenols is 1. The Hall–Kier alpha value is -4.33. The van der Waals surface area contributed by atoms with E-state index in [2.05, 4.69) is 17.6 Å². The number of benzene rings is 3. The van der Waals surface area contributed by atoms with Gasteiger partial charge in [-0.3, -0.25) is 9.59 Å². The zero-order chi connectivity index (χ0) is 34.4. The van der Waals surface area contributed by atoms with Gasteiger partial charge in [0.15, 0.2) is 0 Å². The number of ether oxygens (including phenoxy) is 1. The van der Waals surface area contributed by atoms with E-state index in [0.717, 1.165) is 59.9 Å². The normalized spacial score (nSPS) is 12.6. The first-order chi connectivity index (χ1) is 22.4. The number of nitrogens with one attached hydrogen (secondary N) is 2. The fourth-order valence-corrected chi connectivity index (χ4v) is 5.72. The van der Waals surface area contributed by atoms with E-state index in [1.165, 1.54) is 0 Å². The van der Waals surface area contributed by atoms with E-state index in [0.29, 0.717) is 19.5 Å². The fraction of sp³-hybridized carbons (Fsp3) is 0.462. The van der Waals surface area contributed by atoms with Gasteiger partial charge in [0.25, 0.3) is 0 Å². The van der Waals surface area contributed by atoms with Crippen LogP contribution >= 0.6 is 0 Å². The molecule has 8 nitrogen and oxygen atoms in total. The van der Waals surface area contributed by atoms with Gasteiger partial charge in [0, 0.05) is 19.5 Å². The van der Waals surface area contributed by atoms with Crippen LogP contribution in [0.25, 0.3) is 0 Å². The molecule has 0 aliphatic heterocycles. The standard InChI is InChI=1S/C39H53N3O5/c1-7-8-9-10-11-15-25-42(37(45)33(41-38(46)47-39(4,5)6)26-30-21-23-32(43)24-22-30)35(34-28(2)17-16-18-29(34)3)36(44)40-27-31-19-13-12-14-20-31/h12-14,16-24,33,35,43H,7-11,15,25-27H2,1-6H3,(H,40,44)(H,41,46). The van der Waals surface area contributed by atoms with Gasteiger partial charge in [-0.25, -0.2) is 4.79 Å². The number of hydrogen-bond acceptors (Lipinski definition) is 5. The summed E-state index contributed by atoms with van der Waals surface area (Å²) in [7, 11) is 0. The number of nitrogens with zero attached hydrogens (tertiary/aromatic N) is 1. The quantitative estimate of drug-likeness (QED) is 0.139. The van der Waals surface area contributed by atoms with Gasteiger partial charge in [-0.15, -0.1) is 0 Å². The van der Waals surface area contributed by atoms with Crippen LogP contribution in [0.3, 0.4) is 0 Å². The molecule has 2 unspecified atom stereocenters. The molecule has 3 aromatic carbocycles. The van der Waals surface area contributed by atoms with E-state index in [1.54, 1.807) is 49.9 Å². The molecule has 2 atom stereocenters. The van der Waals surface area contributed by atoms with Gasteiger partial charge in [0.05, 0.1) is 0 Å². The summed E-state index contributed by atoms with van der Waals surface area (Å²) in [6.45, 7) is 12.0. The Morgan fingerprint density at radius 2 is 1.43 bits per heavy atom. The zero-order valence-corrected chi connectivity index (χ0v) is 29.0. The lowest BCUT2D eigenvalue weighted by Gasteiger charge is -2.36. The van der Waals surface area contributed by atoms with Gasteiger partial charge in [0.1, 0.15) is 23.4 Å². The summed E-state index contributed by atoms with van der Waals surface area (Å²) in [6, 6.07) is 20.1. The highest BCUT2D eigenvalue weighted by Gasteiger charge is 2.37. The van der Waals surface area contributed by atoms with Gasteiger partial charge in [0.2, 0.25) is 11.8 Å². The molecule has 0 aliphatic rings. The number of amides is 3. The number of hydrogen-bond donors (Lipinski definition) is 3. The molecule has 0 heterocycles. The third kappa shape index (κ3) is 12.1. The van der Waals surface area contributed by atoms with Crippen molar-refractivity contribution < 1.29 is 24.2 Å². The van der Waals surface area contributed by atoms with Crippen molar-refractivity contribution in [2.24, 2.45) is 0 Å². The van der Waals surface area contributed by atoms with E-state index in [9.17, 15) is 19.5 Å². The molecular weight excluding hydrogens is 590 g/mol. The first-order valence-corrected chi connectivity index (χ1v) is 16.8. The highest BCUT2D eigenvalue weighted by molar-refractivity contribution is 5.92. The fourth-order valence-electron chi connectivity index (χ4n) is 5.72. The second-order valence-corrected chi connectivity index (χ2v) is 13.3. The molecule has 0 saturated carbocycles. The molecule has 0 bridgehead atoms. The van der Waals surface area contributed by atoms with Crippen LogP contribution in [0.4, 0.5) is 4.79 Å². The minimum Gasteiger partial charge on any atom is -0.508 e. The molecule has 3 amide bonds. The molecule has 0 saturated heterocycles. The van der Waals surface area contributed by atoms with Gasteiger partial charge in [-0.2, -0.15) is 0 Å². The molecule has 0 radical (unpaired) electrons. The lowest BCUT2D eigenvalue weighted by Crippen LogP contribution is -2.54. The van der Waals surface area contributed by atoms with Crippen molar-refractivity contribution in [1.29, 1.82) is 0 Å². The Kier molecular flexibility index (Phi) is 14.3. The predicted molar refractivity (Wildman–Crippen MR) is 187 cm³/mol. The monoisotopic (exact) mass is 643 g/mol. The first-order valence-electron chi connectivity index (χ1n) is 16.8. The highest BCUT2D eigenvalue weighted by Crippen LogP contribution is 2.30. The third-order valence-corrected chi connectivity index (χ3v) is 8.09. The van der Waals surface area contributed by atoms with E-state index in [1.807, 2.05) is 62.4 Å². The highest BCUT2D eigenvalue weighted by atomic mass is 16.6. The Labute approximate surface area is 280 Å². The van der Waals surface area contributed by atoms with Crippen LogP contribution in [0.15, 0.2) is 72.8 Å². The van der Waals surface area contributed by atoms with Crippen LogP contribution in [0.2, 0.25) is 0 Å². The molecule has 0 spiro atoms. The average molecular weight is 644 g/mol. The number of aryl methyl sites for hydroxylation is 2. The first kappa shape index (κ1) is 37.1. The molecule has 47 heavy (non-hydrogen) atoms. The van der Waals surface area contributed by atoms with Gasteiger partial charge in [-0.05, 0) is 81.0 Å². The Bertz CT molecular complexity index is 1410. The molecule has 3 rings (SSSR count). The van der Waals surface area contributed by atoms with Gasteiger partial charge in [-0.1, -0.05) is 99.7 Å². The minimum atomic E-state index is -1.02. The minimum absolute atomic E-state index is 0.103. The maximum atomic E-state index is 14.8. The summed E-state index contributed by atoms with van der Waals surface area (Å²) < 4.78 is 5.57. The molecule has 254 valence electrons. The number of carbonyl (C=O) groups is 3. The summed E-state index contributed by atoms with van der Waals surface area (Å²) in [5.41, 5.74) is 3.51. The maximum Gasteiger partial charge on any atom is 0.408 e. The Morgan fingerprint density at radius 1 is 0.809 bits per heavy atom. The SMILES string of the molecule is CCCCCCCCN(C(=O)C(Cc1ccc(O)cc1)NC(=O)OC(C)(C)C)C(C(=O)NCc1ccccc1)c1c(C)cccc1C. The Balaban J connectivity index is 2.06. The summed E-state index contributed by atoms with van der Waals surface area (Å²) >= 11 is 0. The van der Waals surface area contributed by atoms with Gasteiger partial charge >= 0.3 is 6.09 Å². The second-order valence-electron chi connectivity index (χ2n) is 13.3. The molecule has 3 aromatic rings. The number of carbonyl (C=O) groups excluding carboxylic acids is 3. The lowest BCUT2D eigenvalue weighted by molar-refractivity contribution is -0.142. The molecule has 0 aliphatic carbocycles. The molecule has 8 heteroatoms. The third-order valence-electron chi connectivity index (χ3n) is 8.09. The molecule has 0 fully saturated rings. The smallest absolute Gasteiger partial charge is 0.408 e. The zero-order valence-electron chi connectivity index (χ0n) is 29.0. The van der Waals surface area contributed by atoms with Crippen molar-refractivity contribution in [3.05, 3.63) is 101 Å². The molecule has 3 N–H and O–H groups in total. The summed E-state index contributed by atoms with van der Waals surface area (Å²) in [5, 5.41) is 15.8. The van der Waals surface area contributed by atoms with E-state index in [4.69, 9.17) is 4.74 Å². The van der Waals surface area contributed by atoms with Crippen molar-refractivity contribution in [2.45, 2.75) is 111 Å². The van der Waals surface area contributed by atoms with Crippen LogP contribution in [-0.2, 0) is 27.3 Å². The number of alkyl carbamates (subject to hydrolysis) is 1. The Morgan fingerprint density at radius 3 is 2.04 bits per heavy atom. The predicted octanol–water partition coefficient (Wildman–Crippen LogP) is 7.69. The van der Waals surface area contributed by atoms with E-state index >= 15 is 0 Å². The van der Waals surface area contributed by atoms with Gasteiger partial charge < -0.3 is 25.4 Å². The number of phenolic OH excluding ortho intramolecular Hbond substituents is 1. The van der Waals surface area contributed by atoms with Crippen LogP contribution < -0.4 is 10.6 Å². The topological polar surface area (TPSA) is 108 Å². The summed E-state index contributed by atoms with van der Waals surface area (Å²) in [6.07, 6.45) is 5.50. The number of aromatic hydroxyl groups is 1. The van der Waals surface area contributed by atoms with Crippen molar-refractivity contribution in [2.75, 3.05) is 6.54 Å². The van der Waals surface area contributed by atoms with Crippen LogP contribution in [0.1, 0.15) is 100 Å². The van der Waals surface area contributed by atoms with Crippen LogP contribution in [0.5, 0.6) is 5.75 Å². The maximum absolute atomic E-state index is 14.8. The number of unbranched alkanes of at least 4 members (excludes halogenated alkanes) is 5. The average Bonchev–Trinajstić information content (AvgIpc) is 3.02. The second kappa shape index (κ2) is 18.1. The summed E-state index contributed by atoms with van der Waals surface area (Å²) in [4.78, 5) is 43.9. The lowest BCUT2D eigenvalue weighted by atomic mass is 9.92. The van der Waals surface area contributed by atoms with E-state index in [-0.39, 0.29) is 24.0 Å². The number of rotatable bonds is 16. The van der Waals surface area contributed by atoms with E-state index < -0.39 is 23.8 Å². The van der Waals surface area contributed by atoms with Crippen molar-refractivity contribution in [3.63, 3.8) is 0 Å². The van der Waals surface area contributed by atoms with Crippen molar-refractivity contribution >= 4 is 17.9 Å². The molecular formula is C39H53N3O5. The van der Waals surface area contributed by atoms with Crippen LogP contribution in [-0.4, -0.2) is 46.1 Å². The largest absolute Gasteiger partial charge is 0.508 e. The van der Waals surface area contributed by atoms with Crippen molar-refractivity contribution in [1.82, 2.24) is 15.5 Å². The van der Waals surface area contributed by atoms with Crippen LogP contribution in [0, 0.1) is 13.8 Å². The summed E-state index contributed by atoms with van der Waals surface area (Å²) in [5.74, 6) is -0.558. The van der Waals surface area contributed by atoms with Crippen molar-refractivity contribution in [3.8, 4) is 5.75 Å². The molecule has 0 aromatic heterocycles.